The van der Waals surface area contributed by atoms with Gasteiger partial charge in [0.05, 0.1) is 15.4 Å². The first-order valence-electron chi connectivity index (χ1n) is 6.47. The highest BCUT2D eigenvalue weighted by molar-refractivity contribution is 14.1. The smallest absolute Gasteiger partial charge is 0.297 e. The largest absolute Gasteiger partial charge is 0.389 e. The molecule has 0 spiro atoms. The molecule has 5 atom stereocenters. The standard InChI is InChI=1S/C13H15IO6S/c1-7-2-4-8(5-3-7)21(16,17)20-12-9-6-18-13(19-9)10(14)11(12)15/h2-5,9-13,15H,6H2,1H3/t9-,10-,11-,12-,13-/m1/s1. The number of hydrogen-bond acceptors (Lipinski definition) is 6. The van der Waals surface area contributed by atoms with Crippen molar-refractivity contribution < 1.29 is 27.2 Å². The fraction of sp³-hybridized carbons (Fsp3) is 0.538. The summed E-state index contributed by atoms with van der Waals surface area (Å²) in [5, 5.41) is 10.2. The Balaban J connectivity index is 1.83. The van der Waals surface area contributed by atoms with Gasteiger partial charge in [0.15, 0.2) is 6.29 Å². The minimum absolute atomic E-state index is 0.0614. The van der Waals surface area contributed by atoms with Crippen LogP contribution in [0.25, 0.3) is 0 Å². The van der Waals surface area contributed by atoms with Crippen molar-refractivity contribution in [3.05, 3.63) is 29.8 Å². The Morgan fingerprint density at radius 2 is 2.00 bits per heavy atom. The molecule has 0 radical (unpaired) electrons. The first-order valence-corrected chi connectivity index (χ1v) is 9.13. The zero-order chi connectivity index (χ0) is 15.2. The second kappa shape index (κ2) is 5.74. The van der Waals surface area contributed by atoms with Gasteiger partial charge in [-0.1, -0.05) is 40.3 Å². The monoisotopic (exact) mass is 426 g/mol. The van der Waals surface area contributed by atoms with Gasteiger partial charge in [0, 0.05) is 0 Å². The van der Waals surface area contributed by atoms with Gasteiger partial charge in [-0.15, -0.1) is 0 Å². The predicted octanol–water partition coefficient (Wildman–Crippen LogP) is 0.989. The van der Waals surface area contributed by atoms with Gasteiger partial charge in [-0.25, -0.2) is 0 Å². The summed E-state index contributed by atoms with van der Waals surface area (Å²) >= 11 is 1.98. The lowest BCUT2D eigenvalue weighted by Gasteiger charge is -2.34. The van der Waals surface area contributed by atoms with Crippen LogP contribution in [0, 0.1) is 6.92 Å². The van der Waals surface area contributed by atoms with Gasteiger partial charge in [0.2, 0.25) is 0 Å². The van der Waals surface area contributed by atoms with E-state index in [1.165, 1.54) is 12.1 Å². The van der Waals surface area contributed by atoms with Gasteiger partial charge >= 0.3 is 0 Å². The fourth-order valence-corrected chi connectivity index (χ4v) is 4.26. The number of alkyl halides is 1. The van der Waals surface area contributed by atoms with Crippen LogP contribution in [0.3, 0.4) is 0 Å². The number of aliphatic hydroxyl groups is 1. The molecule has 0 saturated carbocycles. The lowest BCUT2D eigenvalue weighted by atomic mass is 10.0. The predicted molar refractivity (Wildman–Crippen MR) is 81.7 cm³/mol. The number of fused-ring (bicyclic) bond motifs is 2. The molecular weight excluding hydrogens is 411 g/mol. The Morgan fingerprint density at radius 1 is 1.33 bits per heavy atom. The molecule has 0 unspecified atom stereocenters. The Kier molecular flexibility index (Phi) is 4.27. The number of aryl methyl sites for hydroxylation is 1. The normalized spacial score (nSPS) is 35.9. The third kappa shape index (κ3) is 2.97. The highest BCUT2D eigenvalue weighted by Gasteiger charge is 2.51. The maximum Gasteiger partial charge on any atom is 0.297 e. The van der Waals surface area contributed by atoms with E-state index in [1.807, 2.05) is 29.5 Å². The number of ether oxygens (including phenoxy) is 2. The maximum atomic E-state index is 12.3. The number of benzene rings is 1. The topological polar surface area (TPSA) is 82.1 Å². The first-order chi connectivity index (χ1) is 9.88. The maximum absolute atomic E-state index is 12.3. The highest BCUT2D eigenvalue weighted by Crippen LogP contribution is 2.35. The molecule has 0 aliphatic carbocycles. The summed E-state index contributed by atoms with van der Waals surface area (Å²) in [4.78, 5) is 0.0614. The molecule has 2 saturated heterocycles. The lowest BCUT2D eigenvalue weighted by molar-refractivity contribution is -0.148. The van der Waals surface area contributed by atoms with Crippen LogP contribution in [-0.4, -0.2) is 48.7 Å². The molecule has 0 amide bonds. The summed E-state index contributed by atoms with van der Waals surface area (Å²) in [6, 6.07) is 6.35. The lowest BCUT2D eigenvalue weighted by Crippen LogP contribution is -2.53. The number of halogens is 1. The van der Waals surface area contributed by atoms with E-state index in [9.17, 15) is 13.5 Å². The number of hydrogen-bond donors (Lipinski definition) is 1. The zero-order valence-electron chi connectivity index (χ0n) is 11.2. The zero-order valence-corrected chi connectivity index (χ0v) is 14.2. The molecule has 1 aromatic carbocycles. The third-order valence-electron chi connectivity index (χ3n) is 3.57. The van der Waals surface area contributed by atoms with Crippen molar-refractivity contribution in [2.75, 3.05) is 6.61 Å². The molecule has 1 aromatic rings. The summed E-state index contributed by atoms with van der Waals surface area (Å²) in [6.45, 7) is 2.09. The van der Waals surface area contributed by atoms with Crippen LogP contribution in [0.1, 0.15) is 5.56 Å². The van der Waals surface area contributed by atoms with Gasteiger partial charge in [0.25, 0.3) is 10.1 Å². The molecule has 116 valence electrons. The van der Waals surface area contributed by atoms with Crippen LogP contribution in [0.15, 0.2) is 29.2 Å². The Bertz CT molecular complexity index is 616. The van der Waals surface area contributed by atoms with Gasteiger partial charge in [-0.05, 0) is 19.1 Å². The van der Waals surface area contributed by atoms with Crippen LogP contribution in [0.5, 0.6) is 0 Å². The van der Waals surface area contributed by atoms with E-state index < -0.39 is 34.7 Å². The van der Waals surface area contributed by atoms with Crippen molar-refractivity contribution in [1.29, 1.82) is 0 Å². The van der Waals surface area contributed by atoms with E-state index in [4.69, 9.17) is 13.7 Å². The average Bonchev–Trinajstić information content (AvgIpc) is 2.89. The van der Waals surface area contributed by atoms with Crippen LogP contribution in [-0.2, 0) is 23.8 Å². The van der Waals surface area contributed by atoms with Crippen molar-refractivity contribution in [2.45, 2.75) is 40.3 Å². The molecule has 21 heavy (non-hydrogen) atoms. The van der Waals surface area contributed by atoms with Crippen molar-refractivity contribution in [3.8, 4) is 0 Å². The molecule has 2 aliphatic rings. The van der Waals surface area contributed by atoms with E-state index in [0.717, 1.165) is 5.56 Å². The van der Waals surface area contributed by atoms with Crippen molar-refractivity contribution in [2.24, 2.45) is 0 Å². The summed E-state index contributed by atoms with van der Waals surface area (Å²) < 4.78 is 40.3. The van der Waals surface area contributed by atoms with Crippen molar-refractivity contribution in [1.82, 2.24) is 0 Å². The molecular formula is C13H15IO6S. The van der Waals surface area contributed by atoms with Crippen LogP contribution in [0.2, 0.25) is 0 Å². The third-order valence-corrected chi connectivity index (χ3v) is 6.22. The summed E-state index contributed by atoms with van der Waals surface area (Å²) in [5.74, 6) is 0. The van der Waals surface area contributed by atoms with Gasteiger partial charge in [-0.2, -0.15) is 8.42 Å². The van der Waals surface area contributed by atoms with E-state index in [1.54, 1.807) is 12.1 Å². The SMILES string of the molecule is Cc1ccc(S(=O)(=O)O[C@H]2[C@H](O)[C@@H](I)[C@@H]3OC[C@H]2O3)cc1. The Hall–Kier alpha value is -0.260. The van der Waals surface area contributed by atoms with Gasteiger partial charge in [-0.3, -0.25) is 4.18 Å². The molecule has 0 aromatic heterocycles. The second-order valence-corrected chi connectivity index (χ2v) is 8.15. The van der Waals surface area contributed by atoms with E-state index in [0.29, 0.717) is 0 Å². The Morgan fingerprint density at radius 3 is 2.67 bits per heavy atom. The molecule has 3 rings (SSSR count). The van der Waals surface area contributed by atoms with E-state index >= 15 is 0 Å². The van der Waals surface area contributed by atoms with Crippen LogP contribution in [0.4, 0.5) is 0 Å². The van der Waals surface area contributed by atoms with Crippen molar-refractivity contribution >= 4 is 32.7 Å². The van der Waals surface area contributed by atoms with Crippen LogP contribution >= 0.6 is 22.6 Å². The van der Waals surface area contributed by atoms with Crippen molar-refractivity contribution in [3.63, 3.8) is 0 Å². The number of rotatable bonds is 3. The first kappa shape index (κ1) is 15.6. The minimum atomic E-state index is -3.96. The van der Waals surface area contributed by atoms with Gasteiger partial charge in [0.1, 0.15) is 18.3 Å². The minimum Gasteiger partial charge on any atom is -0.389 e. The molecule has 2 heterocycles. The average molecular weight is 426 g/mol. The molecule has 2 aliphatic heterocycles. The Labute approximate surface area is 136 Å². The highest BCUT2D eigenvalue weighted by atomic mass is 127. The van der Waals surface area contributed by atoms with Gasteiger partial charge < -0.3 is 14.6 Å². The van der Waals surface area contributed by atoms with E-state index in [2.05, 4.69) is 0 Å². The number of aliphatic hydroxyl groups excluding tert-OH is 1. The summed E-state index contributed by atoms with van der Waals surface area (Å²) in [7, 11) is -3.96. The summed E-state index contributed by atoms with van der Waals surface area (Å²) in [6.07, 6.45) is -3.00. The quantitative estimate of drug-likeness (QED) is 0.441. The fourth-order valence-electron chi connectivity index (χ4n) is 2.37. The molecule has 1 N–H and O–H groups in total. The molecule has 2 fully saturated rings. The summed E-state index contributed by atoms with van der Waals surface area (Å²) in [5.41, 5.74) is 0.953. The van der Waals surface area contributed by atoms with E-state index in [-0.39, 0.29) is 15.4 Å². The molecule has 8 heteroatoms. The van der Waals surface area contributed by atoms with Crippen LogP contribution < -0.4 is 0 Å². The molecule has 6 nitrogen and oxygen atoms in total. The molecule has 2 bridgehead atoms. The second-order valence-electron chi connectivity index (χ2n) is 5.14.